The molecule has 94 valence electrons. The van der Waals surface area contributed by atoms with Crippen LogP contribution in [0.5, 0.6) is 0 Å². The van der Waals surface area contributed by atoms with Crippen LogP contribution in [-0.4, -0.2) is 34.1 Å². The van der Waals surface area contributed by atoms with Gasteiger partial charge in [0.05, 0.1) is 6.20 Å². The number of nitrogens with zero attached hydrogens (tertiary/aromatic N) is 2. The van der Waals surface area contributed by atoms with Crippen LogP contribution < -0.4 is 5.73 Å². The molecule has 1 fully saturated rings. The molecule has 1 aromatic heterocycles. The number of rotatable bonds is 3. The third-order valence-electron chi connectivity index (χ3n) is 4.12. The van der Waals surface area contributed by atoms with Crippen LogP contribution in [0.3, 0.4) is 0 Å². The highest BCUT2D eigenvalue weighted by Crippen LogP contribution is 2.37. The molecule has 0 saturated carbocycles. The van der Waals surface area contributed by atoms with Crippen molar-refractivity contribution in [1.29, 1.82) is 0 Å². The summed E-state index contributed by atoms with van der Waals surface area (Å²) in [5.41, 5.74) is 6.47. The van der Waals surface area contributed by atoms with Crippen LogP contribution in [0.25, 0.3) is 0 Å². The highest BCUT2D eigenvalue weighted by molar-refractivity contribution is 5.98. The van der Waals surface area contributed by atoms with Gasteiger partial charge in [-0.1, -0.05) is 13.8 Å². The molecule has 0 spiro atoms. The van der Waals surface area contributed by atoms with Gasteiger partial charge in [-0.2, -0.15) is 5.10 Å². The molecule has 1 aliphatic rings. The first-order valence-electron chi connectivity index (χ1n) is 6.20. The molecule has 0 aliphatic carbocycles. The minimum absolute atomic E-state index is 0.0000231. The summed E-state index contributed by atoms with van der Waals surface area (Å²) in [5, 5.41) is 6.40. The van der Waals surface area contributed by atoms with Crippen molar-refractivity contribution in [1.82, 2.24) is 15.1 Å². The van der Waals surface area contributed by atoms with Gasteiger partial charge in [0.1, 0.15) is 11.4 Å². The smallest absolute Gasteiger partial charge is 0.259 e. The van der Waals surface area contributed by atoms with Crippen LogP contribution in [0.2, 0.25) is 0 Å². The Labute approximate surface area is 101 Å². The van der Waals surface area contributed by atoms with Gasteiger partial charge in [-0.3, -0.25) is 9.89 Å². The molecule has 1 aromatic rings. The molecule has 5 nitrogen and oxygen atoms in total. The fourth-order valence-corrected chi connectivity index (χ4v) is 2.57. The molecule has 0 atom stereocenters. The zero-order valence-electron chi connectivity index (χ0n) is 10.5. The van der Waals surface area contributed by atoms with Crippen LogP contribution in [0.4, 0.5) is 5.82 Å². The topological polar surface area (TPSA) is 75.0 Å². The average molecular weight is 236 g/mol. The van der Waals surface area contributed by atoms with Crippen LogP contribution in [0.15, 0.2) is 6.20 Å². The highest BCUT2D eigenvalue weighted by atomic mass is 16.2. The van der Waals surface area contributed by atoms with Crippen molar-refractivity contribution < 1.29 is 4.79 Å². The number of nitrogens with one attached hydrogen (secondary N) is 1. The summed E-state index contributed by atoms with van der Waals surface area (Å²) in [6.07, 6.45) is 4.83. The number of hydrogen-bond acceptors (Lipinski definition) is 3. The first-order valence-corrected chi connectivity index (χ1v) is 6.20. The second kappa shape index (κ2) is 4.39. The average Bonchev–Trinajstić information content (AvgIpc) is 2.95. The van der Waals surface area contributed by atoms with Gasteiger partial charge in [-0.15, -0.1) is 0 Å². The normalized spacial score (nSPS) is 18.6. The lowest BCUT2D eigenvalue weighted by atomic mass is 9.82. The van der Waals surface area contributed by atoms with Gasteiger partial charge in [0.15, 0.2) is 0 Å². The van der Waals surface area contributed by atoms with Crippen LogP contribution in [0.1, 0.15) is 43.5 Å². The molecular weight excluding hydrogens is 216 g/mol. The maximum Gasteiger partial charge on any atom is 0.259 e. The largest absolute Gasteiger partial charge is 0.383 e. The Morgan fingerprint density at radius 3 is 2.76 bits per heavy atom. The lowest BCUT2D eigenvalue weighted by Crippen LogP contribution is -2.32. The van der Waals surface area contributed by atoms with Crippen molar-refractivity contribution in [3.05, 3.63) is 11.8 Å². The van der Waals surface area contributed by atoms with E-state index < -0.39 is 0 Å². The number of carbonyl (C=O) groups excluding carboxylic acids is 1. The SMILES string of the molecule is CCC1(CC)CCN(C(=O)c2cn[nH]c2N)C1. The zero-order valence-corrected chi connectivity index (χ0v) is 10.5. The maximum absolute atomic E-state index is 12.2. The second-order valence-corrected chi connectivity index (χ2v) is 4.88. The van der Waals surface area contributed by atoms with E-state index >= 15 is 0 Å². The molecule has 5 heteroatoms. The van der Waals surface area contributed by atoms with Crippen molar-refractivity contribution in [2.24, 2.45) is 5.41 Å². The number of aromatic nitrogens is 2. The summed E-state index contributed by atoms with van der Waals surface area (Å²) in [5.74, 6) is 0.362. The summed E-state index contributed by atoms with van der Waals surface area (Å²) >= 11 is 0. The van der Waals surface area contributed by atoms with E-state index in [0.29, 0.717) is 16.8 Å². The molecular formula is C12H20N4O. The van der Waals surface area contributed by atoms with E-state index in [-0.39, 0.29) is 5.91 Å². The predicted molar refractivity (Wildman–Crippen MR) is 66.5 cm³/mol. The molecule has 2 rings (SSSR count). The minimum atomic E-state index is 0.0000231. The van der Waals surface area contributed by atoms with E-state index in [9.17, 15) is 4.79 Å². The highest BCUT2D eigenvalue weighted by Gasteiger charge is 2.37. The van der Waals surface area contributed by atoms with Crippen molar-refractivity contribution in [2.75, 3.05) is 18.8 Å². The number of nitrogen functional groups attached to an aromatic ring is 1. The minimum Gasteiger partial charge on any atom is -0.383 e. The number of likely N-dealkylation sites (tertiary alicyclic amines) is 1. The fourth-order valence-electron chi connectivity index (χ4n) is 2.57. The molecule has 2 heterocycles. The van der Waals surface area contributed by atoms with E-state index in [2.05, 4.69) is 24.0 Å². The first kappa shape index (κ1) is 12.0. The number of amides is 1. The Balaban J connectivity index is 2.11. The molecule has 1 amide bonds. The Kier molecular flexibility index (Phi) is 3.09. The molecule has 3 N–H and O–H groups in total. The molecule has 0 unspecified atom stereocenters. The predicted octanol–water partition coefficient (Wildman–Crippen LogP) is 1.64. The number of nitrogens with two attached hydrogens (primary N) is 1. The summed E-state index contributed by atoms with van der Waals surface area (Å²) in [6, 6.07) is 0. The molecule has 0 bridgehead atoms. The third kappa shape index (κ3) is 2.01. The molecule has 0 radical (unpaired) electrons. The summed E-state index contributed by atoms with van der Waals surface area (Å²) in [4.78, 5) is 14.1. The number of carbonyl (C=O) groups is 1. The number of aromatic amines is 1. The maximum atomic E-state index is 12.2. The lowest BCUT2D eigenvalue weighted by Gasteiger charge is -2.26. The summed E-state index contributed by atoms with van der Waals surface area (Å²) in [6.45, 7) is 6.06. The lowest BCUT2D eigenvalue weighted by molar-refractivity contribution is 0.0771. The monoisotopic (exact) mass is 236 g/mol. The number of hydrogen-bond donors (Lipinski definition) is 2. The van der Waals surface area contributed by atoms with E-state index in [0.717, 1.165) is 32.4 Å². The number of anilines is 1. The molecule has 17 heavy (non-hydrogen) atoms. The molecule has 1 aliphatic heterocycles. The van der Waals surface area contributed by atoms with E-state index in [1.54, 1.807) is 0 Å². The summed E-state index contributed by atoms with van der Waals surface area (Å²) < 4.78 is 0. The van der Waals surface area contributed by atoms with Gasteiger partial charge in [0.2, 0.25) is 0 Å². The van der Waals surface area contributed by atoms with Crippen molar-refractivity contribution in [3.8, 4) is 0 Å². The van der Waals surface area contributed by atoms with Crippen molar-refractivity contribution >= 4 is 11.7 Å². The quantitative estimate of drug-likeness (QED) is 0.837. The van der Waals surface area contributed by atoms with E-state index in [1.165, 1.54) is 6.20 Å². The van der Waals surface area contributed by atoms with Gasteiger partial charge >= 0.3 is 0 Å². The van der Waals surface area contributed by atoms with Gasteiger partial charge in [-0.05, 0) is 24.7 Å². The van der Waals surface area contributed by atoms with Crippen molar-refractivity contribution in [3.63, 3.8) is 0 Å². The fraction of sp³-hybridized carbons (Fsp3) is 0.667. The Bertz CT molecular complexity index is 408. The van der Waals surface area contributed by atoms with Gasteiger partial charge in [0, 0.05) is 13.1 Å². The Morgan fingerprint density at radius 2 is 2.29 bits per heavy atom. The Hall–Kier alpha value is -1.52. The van der Waals surface area contributed by atoms with Gasteiger partial charge < -0.3 is 10.6 Å². The Morgan fingerprint density at radius 1 is 1.59 bits per heavy atom. The van der Waals surface area contributed by atoms with Crippen LogP contribution >= 0.6 is 0 Å². The second-order valence-electron chi connectivity index (χ2n) is 4.88. The third-order valence-corrected chi connectivity index (χ3v) is 4.12. The standard InChI is InChI=1S/C12H20N4O/c1-3-12(4-2)5-6-16(8-12)11(17)9-7-14-15-10(9)13/h7H,3-6,8H2,1-2H3,(H3,13,14,15). The first-order chi connectivity index (χ1) is 8.12. The van der Waals surface area contributed by atoms with Crippen LogP contribution in [0, 0.1) is 5.41 Å². The van der Waals surface area contributed by atoms with E-state index in [4.69, 9.17) is 5.73 Å². The van der Waals surface area contributed by atoms with Gasteiger partial charge in [0.25, 0.3) is 5.91 Å². The van der Waals surface area contributed by atoms with E-state index in [1.807, 2.05) is 4.90 Å². The summed E-state index contributed by atoms with van der Waals surface area (Å²) in [7, 11) is 0. The van der Waals surface area contributed by atoms with Gasteiger partial charge in [-0.25, -0.2) is 0 Å². The van der Waals surface area contributed by atoms with Crippen molar-refractivity contribution in [2.45, 2.75) is 33.1 Å². The van der Waals surface area contributed by atoms with Crippen LogP contribution in [-0.2, 0) is 0 Å². The zero-order chi connectivity index (χ0) is 12.5. The molecule has 1 saturated heterocycles. The molecule has 0 aromatic carbocycles. The number of H-pyrrole nitrogens is 1.